The van der Waals surface area contributed by atoms with Crippen LogP contribution in [0.4, 0.5) is 0 Å². The van der Waals surface area contributed by atoms with E-state index in [-0.39, 0.29) is 17.7 Å². The number of amides is 2. The molecule has 26 heavy (non-hydrogen) atoms. The van der Waals surface area contributed by atoms with Crippen LogP contribution in [-0.2, 0) is 29.1 Å². The molecule has 1 fully saturated rings. The topological polar surface area (TPSA) is 40.6 Å². The minimum atomic E-state index is -0.244. The quantitative estimate of drug-likeness (QED) is 0.802. The Labute approximate surface area is 155 Å². The van der Waals surface area contributed by atoms with E-state index in [4.69, 9.17) is 0 Å². The van der Waals surface area contributed by atoms with E-state index in [2.05, 4.69) is 31.2 Å². The molecule has 4 nitrogen and oxygen atoms in total. The minimum Gasteiger partial charge on any atom is -0.341 e. The SMILES string of the molecule is CCc1ccc(CN(C)C(=O)C2CC(=O)N(Cc3ccccc3)C2)cc1. The Morgan fingerprint density at radius 3 is 2.35 bits per heavy atom. The maximum absolute atomic E-state index is 12.8. The smallest absolute Gasteiger partial charge is 0.228 e. The summed E-state index contributed by atoms with van der Waals surface area (Å²) in [4.78, 5) is 28.6. The molecule has 1 aliphatic heterocycles. The van der Waals surface area contributed by atoms with E-state index in [9.17, 15) is 9.59 Å². The molecule has 1 heterocycles. The first-order valence-electron chi connectivity index (χ1n) is 9.21. The van der Waals surface area contributed by atoms with Crippen molar-refractivity contribution in [1.29, 1.82) is 0 Å². The van der Waals surface area contributed by atoms with Crippen LogP contribution in [0.2, 0.25) is 0 Å². The highest BCUT2D eigenvalue weighted by molar-refractivity contribution is 5.89. The molecule has 0 radical (unpaired) electrons. The zero-order valence-electron chi connectivity index (χ0n) is 15.5. The second kappa shape index (κ2) is 8.17. The Bertz CT molecular complexity index is 755. The van der Waals surface area contributed by atoms with E-state index in [1.807, 2.05) is 37.4 Å². The second-order valence-corrected chi connectivity index (χ2v) is 7.03. The molecule has 2 aromatic carbocycles. The lowest BCUT2D eigenvalue weighted by atomic mass is 10.1. The molecule has 0 N–H and O–H groups in total. The van der Waals surface area contributed by atoms with Gasteiger partial charge in [0.05, 0.1) is 5.92 Å². The molecule has 136 valence electrons. The van der Waals surface area contributed by atoms with Gasteiger partial charge >= 0.3 is 0 Å². The summed E-state index contributed by atoms with van der Waals surface area (Å²) in [6, 6.07) is 18.3. The van der Waals surface area contributed by atoms with Gasteiger partial charge in [0.2, 0.25) is 11.8 Å². The predicted molar refractivity (Wildman–Crippen MR) is 102 cm³/mol. The maximum atomic E-state index is 12.8. The van der Waals surface area contributed by atoms with Crippen molar-refractivity contribution in [2.45, 2.75) is 32.9 Å². The Kier molecular flexibility index (Phi) is 5.71. The number of nitrogens with zero attached hydrogens (tertiary/aromatic N) is 2. The summed E-state index contributed by atoms with van der Waals surface area (Å²) >= 11 is 0. The zero-order chi connectivity index (χ0) is 18.5. The first-order valence-corrected chi connectivity index (χ1v) is 9.21. The third kappa shape index (κ3) is 4.31. The van der Waals surface area contributed by atoms with Gasteiger partial charge in [-0.15, -0.1) is 0 Å². The van der Waals surface area contributed by atoms with Gasteiger partial charge in [0, 0.05) is 33.1 Å². The molecule has 1 unspecified atom stereocenters. The first-order chi connectivity index (χ1) is 12.6. The van der Waals surface area contributed by atoms with Crippen LogP contribution in [-0.4, -0.2) is 35.2 Å². The van der Waals surface area contributed by atoms with Crippen LogP contribution in [0.5, 0.6) is 0 Å². The monoisotopic (exact) mass is 350 g/mol. The zero-order valence-corrected chi connectivity index (χ0v) is 15.5. The second-order valence-electron chi connectivity index (χ2n) is 7.03. The van der Waals surface area contributed by atoms with Crippen LogP contribution in [0, 0.1) is 5.92 Å². The number of likely N-dealkylation sites (tertiary alicyclic amines) is 1. The summed E-state index contributed by atoms with van der Waals surface area (Å²) in [5.41, 5.74) is 3.50. The Morgan fingerprint density at radius 1 is 1.04 bits per heavy atom. The van der Waals surface area contributed by atoms with Gasteiger partial charge in [-0.1, -0.05) is 61.5 Å². The molecule has 2 aromatic rings. The normalized spacial score (nSPS) is 16.8. The van der Waals surface area contributed by atoms with E-state index >= 15 is 0 Å². The highest BCUT2D eigenvalue weighted by Gasteiger charge is 2.35. The van der Waals surface area contributed by atoms with Crippen molar-refractivity contribution in [2.24, 2.45) is 5.92 Å². The standard InChI is InChI=1S/C22H26N2O2/c1-3-17-9-11-19(12-10-17)14-23(2)22(26)20-13-21(25)24(16-20)15-18-7-5-4-6-8-18/h4-12,20H,3,13-16H2,1-2H3. The van der Waals surface area contributed by atoms with Crippen molar-refractivity contribution in [2.75, 3.05) is 13.6 Å². The fourth-order valence-corrected chi connectivity index (χ4v) is 3.44. The average molecular weight is 350 g/mol. The molecule has 3 rings (SSSR count). The molecule has 1 aliphatic rings. The summed E-state index contributed by atoms with van der Waals surface area (Å²) in [5.74, 6) is -0.132. The van der Waals surface area contributed by atoms with E-state index in [1.54, 1.807) is 9.80 Å². The highest BCUT2D eigenvalue weighted by Crippen LogP contribution is 2.22. The van der Waals surface area contributed by atoms with Gasteiger partial charge < -0.3 is 9.80 Å². The Hall–Kier alpha value is -2.62. The number of carbonyl (C=O) groups excluding carboxylic acids is 2. The number of benzene rings is 2. The van der Waals surface area contributed by atoms with Gasteiger partial charge in [0.1, 0.15) is 0 Å². The van der Waals surface area contributed by atoms with E-state index < -0.39 is 0 Å². The number of rotatable bonds is 6. The van der Waals surface area contributed by atoms with Crippen LogP contribution < -0.4 is 0 Å². The number of carbonyl (C=O) groups is 2. The summed E-state index contributed by atoms with van der Waals surface area (Å²) in [5, 5.41) is 0. The maximum Gasteiger partial charge on any atom is 0.228 e. The lowest BCUT2D eigenvalue weighted by Crippen LogP contribution is -2.34. The van der Waals surface area contributed by atoms with Crippen molar-refractivity contribution in [3.05, 3.63) is 71.3 Å². The van der Waals surface area contributed by atoms with Crippen molar-refractivity contribution in [3.8, 4) is 0 Å². The van der Waals surface area contributed by atoms with Gasteiger partial charge in [-0.3, -0.25) is 9.59 Å². The molecule has 0 saturated carbocycles. The Balaban J connectivity index is 1.58. The summed E-state index contributed by atoms with van der Waals surface area (Å²) in [7, 11) is 1.82. The van der Waals surface area contributed by atoms with Crippen molar-refractivity contribution >= 4 is 11.8 Å². The summed E-state index contributed by atoms with van der Waals surface area (Å²) < 4.78 is 0. The first kappa shape index (κ1) is 18.2. The van der Waals surface area contributed by atoms with E-state index in [0.29, 0.717) is 26.1 Å². The van der Waals surface area contributed by atoms with Crippen molar-refractivity contribution in [1.82, 2.24) is 9.80 Å². The van der Waals surface area contributed by atoms with Crippen LogP contribution in [0.1, 0.15) is 30.0 Å². The van der Waals surface area contributed by atoms with Gasteiger partial charge in [-0.25, -0.2) is 0 Å². The summed E-state index contributed by atoms with van der Waals surface area (Å²) in [6.45, 7) is 3.78. The fraction of sp³-hybridized carbons (Fsp3) is 0.364. The molecular weight excluding hydrogens is 324 g/mol. The molecule has 1 atom stereocenters. The number of aryl methyl sites for hydroxylation is 1. The van der Waals surface area contributed by atoms with Gasteiger partial charge in [0.15, 0.2) is 0 Å². The molecular formula is C22H26N2O2. The van der Waals surface area contributed by atoms with Crippen molar-refractivity contribution < 1.29 is 9.59 Å². The van der Waals surface area contributed by atoms with Gasteiger partial charge in [-0.2, -0.15) is 0 Å². The molecule has 0 spiro atoms. The third-order valence-electron chi connectivity index (χ3n) is 5.01. The average Bonchev–Trinajstić information content (AvgIpc) is 3.03. The predicted octanol–water partition coefficient (Wildman–Crippen LogP) is 3.26. The molecule has 0 bridgehead atoms. The summed E-state index contributed by atoms with van der Waals surface area (Å²) in [6.07, 6.45) is 1.32. The van der Waals surface area contributed by atoms with Crippen LogP contribution in [0.3, 0.4) is 0 Å². The van der Waals surface area contributed by atoms with E-state index in [1.165, 1.54) is 5.56 Å². The minimum absolute atomic E-state index is 0.0495. The lowest BCUT2D eigenvalue weighted by molar-refractivity contribution is -0.135. The fourth-order valence-electron chi connectivity index (χ4n) is 3.44. The highest BCUT2D eigenvalue weighted by atomic mass is 16.2. The van der Waals surface area contributed by atoms with Crippen molar-refractivity contribution in [3.63, 3.8) is 0 Å². The molecule has 2 amide bonds. The van der Waals surface area contributed by atoms with Crippen LogP contribution in [0.15, 0.2) is 54.6 Å². The van der Waals surface area contributed by atoms with E-state index in [0.717, 1.165) is 17.5 Å². The third-order valence-corrected chi connectivity index (χ3v) is 5.01. The number of hydrogen-bond acceptors (Lipinski definition) is 2. The van der Waals surface area contributed by atoms with Crippen LogP contribution in [0.25, 0.3) is 0 Å². The molecule has 1 saturated heterocycles. The Morgan fingerprint density at radius 2 is 1.69 bits per heavy atom. The van der Waals surface area contributed by atoms with Gasteiger partial charge in [-0.05, 0) is 23.1 Å². The molecule has 0 aromatic heterocycles. The molecule has 4 heteroatoms. The molecule has 0 aliphatic carbocycles. The van der Waals surface area contributed by atoms with Gasteiger partial charge in [0.25, 0.3) is 0 Å². The van der Waals surface area contributed by atoms with Crippen LogP contribution >= 0.6 is 0 Å². The number of hydrogen-bond donors (Lipinski definition) is 0. The lowest BCUT2D eigenvalue weighted by Gasteiger charge is -2.22. The largest absolute Gasteiger partial charge is 0.341 e.